The molecule has 17 heavy (non-hydrogen) atoms. The Morgan fingerprint density at radius 1 is 0.882 bits per heavy atom. The minimum absolute atomic E-state index is 0.524. The lowest BCUT2D eigenvalue weighted by Gasteiger charge is -2.24. The van der Waals surface area contributed by atoms with E-state index < -0.39 is 0 Å². The minimum atomic E-state index is 0.524. The van der Waals surface area contributed by atoms with E-state index in [0.29, 0.717) is 5.41 Å². The third kappa shape index (κ3) is 12.2. The summed E-state index contributed by atoms with van der Waals surface area (Å²) in [4.78, 5) is 0. The van der Waals surface area contributed by atoms with Gasteiger partial charge in [0, 0.05) is 13.1 Å². The molecule has 0 radical (unpaired) electrons. The van der Waals surface area contributed by atoms with E-state index in [9.17, 15) is 0 Å². The van der Waals surface area contributed by atoms with Gasteiger partial charge < -0.3 is 11.1 Å². The Hall–Kier alpha value is -0.0800. The van der Waals surface area contributed by atoms with Crippen LogP contribution in [0.15, 0.2) is 0 Å². The van der Waals surface area contributed by atoms with Crippen molar-refractivity contribution in [2.75, 3.05) is 19.6 Å². The molecular formula is C15H34N2. The Kier molecular flexibility index (Phi) is 11.0. The Morgan fingerprint density at radius 3 is 2.18 bits per heavy atom. The zero-order valence-corrected chi connectivity index (χ0v) is 12.4. The highest BCUT2D eigenvalue weighted by molar-refractivity contribution is 4.69. The van der Waals surface area contributed by atoms with E-state index in [4.69, 9.17) is 5.73 Å². The highest BCUT2D eigenvalue weighted by Gasteiger charge is 2.16. The van der Waals surface area contributed by atoms with Crippen LogP contribution in [0.2, 0.25) is 0 Å². The smallest absolute Gasteiger partial charge is 0.00745 e. The summed E-state index contributed by atoms with van der Waals surface area (Å²) in [6.07, 6.45) is 11.0. The van der Waals surface area contributed by atoms with Gasteiger partial charge in [0.15, 0.2) is 0 Å². The van der Waals surface area contributed by atoms with Crippen LogP contribution in [0.25, 0.3) is 0 Å². The van der Waals surface area contributed by atoms with Gasteiger partial charge in [-0.3, -0.25) is 0 Å². The summed E-state index contributed by atoms with van der Waals surface area (Å²) in [7, 11) is 0. The van der Waals surface area contributed by atoms with Gasteiger partial charge in [-0.2, -0.15) is 0 Å². The highest BCUT2D eigenvalue weighted by Crippen LogP contribution is 2.29. The fourth-order valence-corrected chi connectivity index (χ4v) is 2.25. The maximum Gasteiger partial charge on any atom is 0.00745 e. The van der Waals surface area contributed by atoms with Gasteiger partial charge in [0.05, 0.1) is 0 Å². The van der Waals surface area contributed by atoms with Crippen molar-refractivity contribution in [1.82, 2.24) is 5.32 Å². The van der Waals surface area contributed by atoms with Crippen molar-refractivity contribution in [3.05, 3.63) is 0 Å². The number of hydrogen-bond acceptors (Lipinski definition) is 2. The number of nitrogens with two attached hydrogens (primary N) is 1. The number of unbranched alkanes of at least 4 members (excludes halogenated alkanes) is 4. The van der Waals surface area contributed by atoms with E-state index >= 15 is 0 Å². The average Bonchev–Trinajstić information content (AvgIpc) is 2.28. The molecule has 104 valence electrons. The van der Waals surface area contributed by atoms with Crippen LogP contribution in [0, 0.1) is 5.41 Å². The molecule has 0 atom stereocenters. The maximum atomic E-state index is 5.44. The molecule has 0 amide bonds. The molecule has 0 saturated heterocycles. The summed E-state index contributed by atoms with van der Waals surface area (Å²) >= 11 is 0. The molecule has 0 spiro atoms. The molecule has 0 heterocycles. The van der Waals surface area contributed by atoms with Crippen molar-refractivity contribution in [2.24, 2.45) is 11.1 Å². The summed E-state index contributed by atoms with van der Waals surface area (Å²) in [6, 6.07) is 0. The first-order chi connectivity index (χ1) is 8.12. The van der Waals surface area contributed by atoms with Crippen LogP contribution in [-0.2, 0) is 0 Å². The molecule has 0 aliphatic heterocycles. The van der Waals surface area contributed by atoms with Crippen molar-refractivity contribution in [2.45, 2.75) is 72.1 Å². The first kappa shape index (κ1) is 16.9. The Morgan fingerprint density at radius 2 is 1.53 bits per heavy atom. The van der Waals surface area contributed by atoms with Gasteiger partial charge in [0.2, 0.25) is 0 Å². The van der Waals surface area contributed by atoms with Gasteiger partial charge in [0.25, 0.3) is 0 Å². The zero-order valence-electron chi connectivity index (χ0n) is 12.4. The quantitative estimate of drug-likeness (QED) is 0.512. The zero-order chi connectivity index (χ0) is 13.0. The van der Waals surface area contributed by atoms with Crippen molar-refractivity contribution < 1.29 is 0 Å². The molecular weight excluding hydrogens is 208 g/mol. The van der Waals surface area contributed by atoms with Gasteiger partial charge in [-0.1, -0.05) is 52.9 Å². The van der Waals surface area contributed by atoms with Crippen LogP contribution in [0.5, 0.6) is 0 Å². The normalized spacial score (nSPS) is 12.0. The molecule has 0 aromatic heterocycles. The SMILES string of the molecule is CCCCCCCC(C)(C)CCCNCCN. The molecule has 2 heteroatoms. The minimum Gasteiger partial charge on any atom is -0.329 e. The number of hydrogen-bond donors (Lipinski definition) is 2. The molecule has 3 N–H and O–H groups in total. The van der Waals surface area contributed by atoms with E-state index in [1.807, 2.05) is 0 Å². The van der Waals surface area contributed by atoms with Gasteiger partial charge in [-0.15, -0.1) is 0 Å². The molecule has 2 nitrogen and oxygen atoms in total. The second-order valence-corrected chi connectivity index (χ2v) is 5.97. The third-order valence-electron chi connectivity index (χ3n) is 3.49. The van der Waals surface area contributed by atoms with Crippen molar-refractivity contribution in [3.63, 3.8) is 0 Å². The lowest BCUT2D eigenvalue weighted by atomic mass is 9.82. The van der Waals surface area contributed by atoms with Gasteiger partial charge in [-0.25, -0.2) is 0 Å². The molecule has 0 aromatic carbocycles. The third-order valence-corrected chi connectivity index (χ3v) is 3.49. The molecule has 0 bridgehead atoms. The number of nitrogens with one attached hydrogen (secondary N) is 1. The predicted octanol–water partition coefficient (Wildman–Crippen LogP) is 3.70. The van der Waals surface area contributed by atoms with Gasteiger partial charge in [0.1, 0.15) is 0 Å². The summed E-state index contributed by atoms with van der Waals surface area (Å²) in [5.74, 6) is 0. The standard InChI is InChI=1S/C15H34N2/c1-4-5-6-7-8-10-15(2,3)11-9-13-17-14-12-16/h17H,4-14,16H2,1-3H3. The van der Waals surface area contributed by atoms with Crippen LogP contribution in [0.4, 0.5) is 0 Å². The lowest BCUT2D eigenvalue weighted by molar-refractivity contribution is 0.285. The summed E-state index contributed by atoms with van der Waals surface area (Å²) < 4.78 is 0. The predicted molar refractivity (Wildman–Crippen MR) is 78.3 cm³/mol. The van der Waals surface area contributed by atoms with E-state index in [1.54, 1.807) is 0 Å². The fraction of sp³-hybridized carbons (Fsp3) is 1.00. The molecule has 0 aliphatic carbocycles. The Balaban J connectivity index is 3.38. The first-order valence-corrected chi connectivity index (χ1v) is 7.53. The van der Waals surface area contributed by atoms with Gasteiger partial charge >= 0.3 is 0 Å². The van der Waals surface area contributed by atoms with Crippen LogP contribution in [-0.4, -0.2) is 19.6 Å². The first-order valence-electron chi connectivity index (χ1n) is 7.53. The average molecular weight is 242 g/mol. The van der Waals surface area contributed by atoms with Crippen LogP contribution in [0.3, 0.4) is 0 Å². The van der Waals surface area contributed by atoms with Crippen molar-refractivity contribution in [3.8, 4) is 0 Å². The van der Waals surface area contributed by atoms with E-state index in [1.165, 1.54) is 51.4 Å². The van der Waals surface area contributed by atoms with Crippen LogP contribution in [0.1, 0.15) is 72.1 Å². The van der Waals surface area contributed by atoms with Gasteiger partial charge in [-0.05, 0) is 31.2 Å². The number of rotatable bonds is 12. The summed E-state index contributed by atoms with van der Waals surface area (Å²) in [6.45, 7) is 9.93. The van der Waals surface area contributed by atoms with Crippen molar-refractivity contribution in [1.29, 1.82) is 0 Å². The molecule has 0 aromatic rings. The van der Waals surface area contributed by atoms with Crippen LogP contribution >= 0.6 is 0 Å². The van der Waals surface area contributed by atoms with Crippen molar-refractivity contribution >= 4 is 0 Å². The van der Waals surface area contributed by atoms with Crippen LogP contribution < -0.4 is 11.1 Å². The monoisotopic (exact) mass is 242 g/mol. The molecule has 0 aliphatic rings. The summed E-state index contributed by atoms with van der Waals surface area (Å²) in [5.41, 5.74) is 5.96. The lowest BCUT2D eigenvalue weighted by Crippen LogP contribution is -2.24. The second kappa shape index (κ2) is 11.0. The largest absolute Gasteiger partial charge is 0.329 e. The molecule has 0 fully saturated rings. The van der Waals surface area contributed by atoms with E-state index in [2.05, 4.69) is 26.1 Å². The second-order valence-electron chi connectivity index (χ2n) is 5.97. The molecule has 0 rings (SSSR count). The Bertz CT molecular complexity index is 139. The maximum absolute atomic E-state index is 5.44. The van der Waals surface area contributed by atoms with E-state index in [0.717, 1.165) is 19.6 Å². The molecule has 0 unspecified atom stereocenters. The summed E-state index contributed by atoms with van der Waals surface area (Å²) in [5, 5.41) is 3.37. The topological polar surface area (TPSA) is 38.0 Å². The fourth-order valence-electron chi connectivity index (χ4n) is 2.25. The Labute approximate surface area is 109 Å². The van der Waals surface area contributed by atoms with E-state index in [-0.39, 0.29) is 0 Å². The molecule has 0 saturated carbocycles. The highest BCUT2D eigenvalue weighted by atomic mass is 14.9.